The lowest BCUT2D eigenvalue weighted by Gasteiger charge is -2.12. The third kappa shape index (κ3) is 4.20. The molecular weight excluding hydrogens is 336 g/mol. The Morgan fingerprint density at radius 1 is 0.880 bits per heavy atom. The van der Waals surface area contributed by atoms with Gasteiger partial charge in [0.25, 0.3) is 0 Å². The van der Waals surface area contributed by atoms with E-state index in [1.54, 1.807) is 49.6 Å². The fourth-order valence-electron chi connectivity index (χ4n) is 2.43. The van der Waals surface area contributed by atoms with E-state index in [1.807, 2.05) is 30.3 Å². The number of hydrogen-bond donors (Lipinski definition) is 0. The van der Waals surface area contributed by atoms with Crippen LogP contribution in [-0.4, -0.2) is 12.9 Å². The first-order chi connectivity index (χ1) is 12.2. The SMILES string of the molecule is COc1cc(C(=O)c2ccc(Cl)cc2)ccc1OCc1ccccc1. The van der Waals surface area contributed by atoms with E-state index in [1.165, 1.54) is 0 Å². The number of ether oxygens (including phenoxy) is 2. The minimum atomic E-state index is -0.0930. The molecule has 0 saturated carbocycles. The molecule has 0 aliphatic carbocycles. The number of carbonyl (C=O) groups excluding carboxylic acids is 1. The molecule has 3 rings (SSSR count). The number of rotatable bonds is 6. The predicted molar refractivity (Wildman–Crippen MR) is 98.7 cm³/mol. The average molecular weight is 353 g/mol. The van der Waals surface area contributed by atoms with Crippen molar-refractivity contribution in [3.05, 3.63) is 94.5 Å². The smallest absolute Gasteiger partial charge is 0.193 e. The Hall–Kier alpha value is -2.78. The zero-order valence-electron chi connectivity index (χ0n) is 13.7. The highest BCUT2D eigenvalue weighted by atomic mass is 35.5. The number of methoxy groups -OCH3 is 1. The highest BCUT2D eigenvalue weighted by molar-refractivity contribution is 6.30. The molecule has 0 amide bonds. The number of carbonyl (C=O) groups is 1. The highest BCUT2D eigenvalue weighted by Gasteiger charge is 2.13. The van der Waals surface area contributed by atoms with Crippen LogP contribution in [-0.2, 0) is 6.61 Å². The Labute approximate surface area is 151 Å². The summed E-state index contributed by atoms with van der Waals surface area (Å²) in [6.07, 6.45) is 0. The van der Waals surface area contributed by atoms with E-state index >= 15 is 0 Å². The molecule has 0 atom stereocenters. The maximum absolute atomic E-state index is 12.6. The van der Waals surface area contributed by atoms with E-state index in [0.717, 1.165) is 5.56 Å². The molecule has 25 heavy (non-hydrogen) atoms. The van der Waals surface area contributed by atoms with Crippen molar-refractivity contribution in [2.24, 2.45) is 0 Å². The van der Waals surface area contributed by atoms with Crippen molar-refractivity contribution in [2.45, 2.75) is 6.61 Å². The molecule has 126 valence electrons. The Bertz CT molecular complexity index is 858. The summed E-state index contributed by atoms with van der Waals surface area (Å²) < 4.78 is 11.2. The van der Waals surface area contributed by atoms with Gasteiger partial charge in [0.2, 0.25) is 0 Å². The van der Waals surface area contributed by atoms with Gasteiger partial charge >= 0.3 is 0 Å². The third-order valence-corrected chi connectivity index (χ3v) is 4.02. The van der Waals surface area contributed by atoms with Crippen LogP contribution in [0, 0.1) is 0 Å². The summed E-state index contributed by atoms with van der Waals surface area (Å²) in [5, 5.41) is 0.596. The maximum atomic E-state index is 12.6. The second-order valence-electron chi connectivity index (χ2n) is 5.48. The first-order valence-electron chi connectivity index (χ1n) is 7.82. The van der Waals surface area contributed by atoms with Gasteiger partial charge in [-0.15, -0.1) is 0 Å². The molecular formula is C21H17ClO3. The van der Waals surface area contributed by atoms with Crippen molar-refractivity contribution in [3.8, 4) is 11.5 Å². The van der Waals surface area contributed by atoms with E-state index in [2.05, 4.69) is 0 Å². The van der Waals surface area contributed by atoms with Crippen LogP contribution >= 0.6 is 11.6 Å². The molecule has 0 fully saturated rings. The van der Waals surface area contributed by atoms with Crippen LogP contribution < -0.4 is 9.47 Å². The van der Waals surface area contributed by atoms with Crippen molar-refractivity contribution in [1.29, 1.82) is 0 Å². The molecule has 3 aromatic carbocycles. The second-order valence-corrected chi connectivity index (χ2v) is 5.91. The topological polar surface area (TPSA) is 35.5 Å². The minimum absolute atomic E-state index is 0.0930. The summed E-state index contributed by atoms with van der Waals surface area (Å²) in [4.78, 5) is 12.6. The average Bonchev–Trinajstić information content (AvgIpc) is 2.67. The minimum Gasteiger partial charge on any atom is -0.493 e. The maximum Gasteiger partial charge on any atom is 0.193 e. The van der Waals surface area contributed by atoms with Crippen LogP contribution in [0.1, 0.15) is 21.5 Å². The molecule has 0 unspecified atom stereocenters. The molecule has 3 aromatic rings. The van der Waals surface area contributed by atoms with Crippen molar-refractivity contribution < 1.29 is 14.3 Å². The lowest BCUT2D eigenvalue weighted by atomic mass is 10.0. The van der Waals surface area contributed by atoms with Gasteiger partial charge < -0.3 is 9.47 Å². The van der Waals surface area contributed by atoms with E-state index in [-0.39, 0.29) is 5.78 Å². The summed E-state index contributed by atoms with van der Waals surface area (Å²) in [6, 6.07) is 21.9. The van der Waals surface area contributed by atoms with Gasteiger partial charge in [-0.1, -0.05) is 41.9 Å². The van der Waals surface area contributed by atoms with Crippen LogP contribution in [0.4, 0.5) is 0 Å². The highest BCUT2D eigenvalue weighted by Crippen LogP contribution is 2.30. The van der Waals surface area contributed by atoms with Crippen molar-refractivity contribution in [2.75, 3.05) is 7.11 Å². The standard InChI is InChI=1S/C21H17ClO3/c1-24-20-13-17(21(23)16-7-10-18(22)11-8-16)9-12-19(20)25-14-15-5-3-2-4-6-15/h2-13H,14H2,1H3. The van der Waals surface area contributed by atoms with Gasteiger partial charge in [-0.05, 0) is 48.0 Å². The summed E-state index contributed by atoms with van der Waals surface area (Å²) in [5.41, 5.74) is 2.17. The molecule has 0 spiro atoms. The molecule has 4 heteroatoms. The largest absolute Gasteiger partial charge is 0.493 e. The Morgan fingerprint density at radius 3 is 2.24 bits per heavy atom. The van der Waals surface area contributed by atoms with Gasteiger partial charge in [-0.2, -0.15) is 0 Å². The lowest BCUT2D eigenvalue weighted by Crippen LogP contribution is -2.03. The second kappa shape index (κ2) is 7.86. The summed E-state index contributed by atoms with van der Waals surface area (Å²) in [6.45, 7) is 0.432. The van der Waals surface area contributed by atoms with E-state index in [9.17, 15) is 4.79 Å². The van der Waals surface area contributed by atoms with Crippen molar-refractivity contribution >= 4 is 17.4 Å². The van der Waals surface area contributed by atoms with E-state index in [0.29, 0.717) is 34.3 Å². The summed E-state index contributed by atoms with van der Waals surface area (Å²) >= 11 is 5.87. The van der Waals surface area contributed by atoms with Gasteiger partial charge in [0.05, 0.1) is 7.11 Å². The zero-order chi connectivity index (χ0) is 17.6. The van der Waals surface area contributed by atoms with Gasteiger partial charge in [-0.25, -0.2) is 0 Å². The van der Waals surface area contributed by atoms with Crippen molar-refractivity contribution in [1.82, 2.24) is 0 Å². The molecule has 0 N–H and O–H groups in total. The van der Waals surface area contributed by atoms with E-state index in [4.69, 9.17) is 21.1 Å². The molecule has 3 nitrogen and oxygen atoms in total. The molecule has 0 bridgehead atoms. The molecule has 0 aromatic heterocycles. The number of ketones is 1. The van der Waals surface area contributed by atoms with E-state index < -0.39 is 0 Å². The van der Waals surface area contributed by atoms with Crippen LogP contribution in [0.5, 0.6) is 11.5 Å². The number of halogens is 1. The summed E-state index contributed by atoms with van der Waals surface area (Å²) in [5.74, 6) is 1.03. The first-order valence-corrected chi connectivity index (χ1v) is 8.20. The monoisotopic (exact) mass is 352 g/mol. The third-order valence-electron chi connectivity index (χ3n) is 3.77. The first kappa shape index (κ1) is 17.1. The van der Waals surface area contributed by atoms with Crippen LogP contribution in [0.3, 0.4) is 0 Å². The molecule has 0 saturated heterocycles. The molecule has 0 aliphatic heterocycles. The Morgan fingerprint density at radius 2 is 1.56 bits per heavy atom. The normalized spacial score (nSPS) is 10.3. The fourth-order valence-corrected chi connectivity index (χ4v) is 2.56. The van der Waals surface area contributed by atoms with Crippen molar-refractivity contribution in [3.63, 3.8) is 0 Å². The van der Waals surface area contributed by atoms with Gasteiger partial charge in [0, 0.05) is 16.1 Å². The van der Waals surface area contributed by atoms with Gasteiger partial charge in [0.15, 0.2) is 17.3 Å². The van der Waals surface area contributed by atoms with Gasteiger partial charge in [-0.3, -0.25) is 4.79 Å². The quantitative estimate of drug-likeness (QED) is 0.575. The number of hydrogen-bond acceptors (Lipinski definition) is 3. The van der Waals surface area contributed by atoms with Crippen LogP contribution in [0.25, 0.3) is 0 Å². The van der Waals surface area contributed by atoms with Gasteiger partial charge in [0.1, 0.15) is 6.61 Å². The predicted octanol–water partition coefficient (Wildman–Crippen LogP) is 5.16. The fraction of sp³-hybridized carbons (Fsp3) is 0.0952. The molecule has 0 heterocycles. The van der Waals surface area contributed by atoms with Crippen LogP contribution in [0.15, 0.2) is 72.8 Å². The Balaban J connectivity index is 1.79. The lowest BCUT2D eigenvalue weighted by molar-refractivity contribution is 0.103. The number of benzene rings is 3. The van der Waals surface area contributed by atoms with Crippen LogP contribution in [0.2, 0.25) is 5.02 Å². The zero-order valence-corrected chi connectivity index (χ0v) is 14.5. The molecule has 0 radical (unpaired) electrons. The summed E-state index contributed by atoms with van der Waals surface area (Å²) in [7, 11) is 1.56. The molecule has 0 aliphatic rings. The Kier molecular flexibility index (Phi) is 5.36.